The topological polar surface area (TPSA) is 58.6 Å². The lowest BCUT2D eigenvalue weighted by Crippen LogP contribution is -2.72. The molecule has 2 saturated carbocycles. The first-order chi connectivity index (χ1) is 12.8. The van der Waals surface area contributed by atoms with Gasteiger partial charge in [0.25, 0.3) is 0 Å². The van der Waals surface area contributed by atoms with Gasteiger partial charge in [0.15, 0.2) is 0 Å². The highest BCUT2D eigenvalue weighted by atomic mass is 16.5. The van der Waals surface area contributed by atoms with Crippen LogP contribution < -0.4 is 5.32 Å². The van der Waals surface area contributed by atoms with Crippen molar-refractivity contribution in [3.05, 3.63) is 11.6 Å². The highest BCUT2D eigenvalue weighted by Gasteiger charge is 2.68. The molecule has 4 heteroatoms. The SMILES string of the molecule is COC(=O)CC[C@]12C3=CCC[C@@H]3CC[C@@H]3CN[C@H]1[C@@H](C(C)C)[C@@H](O)C[C@@]32C. The van der Waals surface area contributed by atoms with Gasteiger partial charge in [-0.1, -0.05) is 32.4 Å². The maximum atomic E-state index is 12.2. The van der Waals surface area contributed by atoms with Crippen molar-refractivity contribution in [2.75, 3.05) is 13.7 Å². The molecule has 4 rings (SSSR count). The number of methoxy groups -OCH3 is 1. The number of rotatable bonds is 4. The largest absolute Gasteiger partial charge is 0.469 e. The summed E-state index contributed by atoms with van der Waals surface area (Å²) in [6, 6.07) is 0.247. The molecule has 27 heavy (non-hydrogen) atoms. The maximum absolute atomic E-state index is 12.2. The minimum atomic E-state index is -0.264. The number of fused-ring (bicyclic) bond motifs is 1. The van der Waals surface area contributed by atoms with Crippen molar-refractivity contribution >= 4 is 5.97 Å². The standard InChI is InChI=1S/C23H37NO3/c1-14(2)20-18(25)12-22(3)16-9-8-15-6-5-7-17(15)23(22,21(20)24-13-16)11-10-19(26)27-4/h7,14-16,18,20-21,24-25H,5-6,8-13H2,1-4H3/t15-,16-,18+,20+,21+,22+,23+/m1/s1. The fourth-order valence-corrected chi connectivity index (χ4v) is 7.75. The lowest BCUT2D eigenvalue weighted by Gasteiger charge is -2.67. The van der Waals surface area contributed by atoms with Crippen LogP contribution in [0.3, 0.4) is 0 Å². The molecule has 4 nitrogen and oxygen atoms in total. The lowest BCUT2D eigenvalue weighted by molar-refractivity contribution is -0.166. The third-order valence-electron chi connectivity index (χ3n) is 8.92. The van der Waals surface area contributed by atoms with Crippen molar-refractivity contribution in [3.8, 4) is 0 Å². The predicted molar refractivity (Wildman–Crippen MR) is 106 cm³/mol. The second kappa shape index (κ2) is 6.88. The molecule has 1 aliphatic heterocycles. The van der Waals surface area contributed by atoms with E-state index in [0.29, 0.717) is 24.2 Å². The Morgan fingerprint density at radius 2 is 2.15 bits per heavy atom. The van der Waals surface area contributed by atoms with Crippen LogP contribution in [0.5, 0.6) is 0 Å². The Morgan fingerprint density at radius 1 is 1.37 bits per heavy atom. The van der Waals surface area contributed by atoms with E-state index >= 15 is 0 Å². The number of nitrogens with one attached hydrogen (secondary N) is 1. The first-order valence-electron chi connectivity index (χ1n) is 11.0. The molecular weight excluding hydrogens is 338 g/mol. The third kappa shape index (κ3) is 2.66. The minimum absolute atomic E-state index is 0.0318. The van der Waals surface area contributed by atoms with Crippen molar-refractivity contribution < 1.29 is 14.6 Å². The van der Waals surface area contributed by atoms with Gasteiger partial charge in [0, 0.05) is 23.8 Å². The van der Waals surface area contributed by atoms with Crippen molar-refractivity contribution in [3.63, 3.8) is 0 Å². The van der Waals surface area contributed by atoms with E-state index in [1.165, 1.54) is 32.8 Å². The Bertz CT molecular complexity index is 629. The molecule has 3 aliphatic carbocycles. The average Bonchev–Trinajstić information content (AvgIpc) is 3.06. The molecule has 2 N–H and O–H groups in total. The molecule has 0 aromatic heterocycles. The fraction of sp³-hybridized carbons (Fsp3) is 0.870. The third-order valence-corrected chi connectivity index (χ3v) is 8.92. The van der Waals surface area contributed by atoms with Gasteiger partial charge in [-0.2, -0.15) is 0 Å². The van der Waals surface area contributed by atoms with Crippen LogP contribution in [0.25, 0.3) is 0 Å². The van der Waals surface area contributed by atoms with E-state index in [0.717, 1.165) is 19.4 Å². The number of hydrogen-bond acceptors (Lipinski definition) is 4. The molecule has 0 amide bonds. The van der Waals surface area contributed by atoms with Gasteiger partial charge in [0.05, 0.1) is 13.2 Å². The summed E-state index contributed by atoms with van der Waals surface area (Å²) < 4.78 is 5.04. The second-order valence-electron chi connectivity index (χ2n) is 10.2. The van der Waals surface area contributed by atoms with Crippen molar-refractivity contribution in [2.45, 2.75) is 77.9 Å². The average molecular weight is 376 g/mol. The van der Waals surface area contributed by atoms with Gasteiger partial charge in [-0.15, -0.1) is 0 Å². The molecule has 152 valence electrons. The molecule has 0 radical (unpaired) electrons. The summed E-state index contributed by atoms with van der Waals surface area (Å²) >= 11 is 0. The van der Waals surface area contributed by atoms with Gasteiger partial charge in [-0.05, 0) is 68.2 Å². The van der Waals surface area contributed by atoms with Crippen LogP contribution in [-0.2, 0) is 9.53 Å². The zero-order valence-corrected chi connectivity index (χ0v) is 17.5. The number of ether oxygens (including phenoxy) is 1. The molecule has 0 aromatic rings. The van der Waals surface area contributed by atoms with Gasteiger partial charge in [-0.3, -0.25) is 4.79 Å². The molecule has 4 aliphatic rings. The van der Waals surface area contributed by atoms with Gasteiger partial charge >= 0.3 is 5.97 Å². The predicted octanol–water partition coefficient (Wildman–Crippen LogP) is 3.69. The van der Waals surface area contributed by atoms with E-state index in [1.807, 2.05) is 0 Å². The fourth-order valence-electron chi connectivity index (χ4n) is 7.75. The normalized spacial score (nSPS) is 45.9. The Kier molecular flexibility index (Phi) is 4.95. The van der Waals surface area contributed by atoms with E-state index in [2.05, 4.69) is 32.2 Å². The molecule has 4 bridgehead atoms. The molecule has 7 atom stereocenters. The second-order valence-corrected chi connectivity index (χ2v) is 10.2. The summed E-state index contributed by atoms with van der Waals surface area (Å²) in [5, 5.41) is 15.1. The van der Waals surface area contributed by atoms with Crippen LogP contribution in [0, 0.1) is 34.5 Å². The number of piperidine rings is 1. The summed E-state index contributed by atoms with van der Waals surface area (Å²) in [5.41, 5.74) is 1.63. The van der Waals surface area contributed by atoms with Crippen LogP contribution in [0.15, 0.2) is 11.6 Å². The zero-order chi connectivity index (χ0) is 19.4. The smallest absolute Gasteiger partial charge is 0.305 e. The zero-order valence-electron chi connectivity index (χ0n) is 17.5. The molecular formula is C23H37NO3. The van der Waals surface area contributed by atoms with Crippen LogP contribution in [-0.4, -0.2) is 36.9 Å². The van der Waals surface area contributed by atoms with Crippen molar-refractivity contribution in [2.24, 2.45) is 34.5 Å². The van der Waals surface area contributed by atoms with Gasteiger partial charge < -0.3 is 15.2 Å². The molecule has 0 aromatic carbocycles. The van der Waals surface area contributed by atoms with Crippen LogP contribution >= 0.6 is 0 Å². The van der Waals surface area contributed by atoms with E-state index in [1.54, 1.807) is 5.57 Å². The van der Waals surface area contributed by atoms with E-state index < -0.39 is 0 Å². The Hall–Kier alpha value is -0.870. The number of aliphatic hydroxyl groups is 1. The lowest BCUT2D eigenvalue weighted by atomic mass is 9.41. The number of aliphatic hydroxyl groups excluding tert-OH is 1. The van der Waals surface area contributed by atoms with Crippen LogP contribution in [0.4, 0.5) is 0 Å². The molecule has 0 unspecified atom stereocenters. The molecule has 0 spiro atoms. The quantitative estimate of drug-likeness (QED) is 0.581. The first-order valence-corrected chi connectivity index (χ1v) is 11.0. The number of hydrogen-bond donors (Lipinski definition) is 2. The van der Waals surface area contributed by atoms with Crippen LogP contribution in [0.1, 0.15) is 65.7 Å². The minimum Gasteiger partial charge on any atom is -0.469 e. The van der Waals surface area contributed by atoms with E-state index in [9.17, 15) is 9.90 Å². The Morgan fingerprint density at radius 3 is 2.85 bits per heavy atom. The summed E-state index contributed by atoms with van der Waals surface area (Å²) in [6.45, 7) is 7.98. The highest BCUT2D eigenvalue weighted by molar-refractivity contribution is 5.69. The van der Waals surface area contributed by atoms with E-state index in [-0.39, 0.29) is 34.9 Å². The number of carbonyl (C=O) groups is 1. The van der Waals surface area contributed by atoms with E-state index in [4.69, 9.17) is 4.74 Å². The maximum Gasteiger partial charge on any atom is 0.305 e. The van der Waals surface area contributed by atoms with Crippen LogP contribution in [0.2, 0.25) is 0 Å². The first kappa shape index (κ1) is 19.4. The monoisotopic (exact) mass is 375 g/mol. The number of carbonyl (C=O) groups excluding carboxylic acids is 1. The Labute approximate surface area is 164 Å². The molecule has 1 saturated heterocycles. The molecule has 3 fully saturated rings. The highest BCUT2D eigenvalue weighted by Crippen LogP contribution is 2.69. The number of allylic oxidation sites excluding steroid dienone is 1. The number of esters is 1. The van der Waals surface area contributed by atoms with Gasteiger partial charge in [0.2, 0.25) is 0 Å². The summed E-state index contributed by atoms with van der Waals surface area (Å²) in [4.78, 5) is 12.2. The van der Waals surface area contributed by atoms with Crippen molar-refractivity contribution in [1.82, 2.24) is 5.32 Å². The summed E-state index contributed by atoms with van der Waals surface area (Å²) in [7, 11) is 1.50. The van der Waals surface area contributed by atoms with Gasteiger partial charge in [0.1, 0.15) is 0 Å². The summed E-state index contributed by atoms with van der Waals surface area (Å²) in [5.74, 6) is 1.78. The Balaban J connectivity index is 1.87. The summed E-state index contributed by atoms with van der Waals surface area (Å²) in [6.07, 6.45) is 9.37. The van der Waals surface area contributed by atoms with Gasteiger partial charge in [-0.25, -0.2) is 0 Å². The van der Waals surface area contributed by atoms with Crippen molar-refractivity contribution in [1.29, 1.82) is 0 Å². The molecule has 1 heterocycles.